The second-order valence-electron chi connectivity index (χ2n) is 3.71. The first-order chi connectivity index (χ1) is 8.27. The molecule has 4 nitrogen and oxygen atoms in total. The number of rotatable bonds is 3. The van der Waals surface area contributed by atoms with Gasteiger partial charge in [-0.1, -0.05) is 0 Å². The van der Waals surface area contributed by atoms with Gasteiger partial charge in [0.2, 0.25) is 0 Å². The molecule has 1 amide bonds. The number of amides is 1. The molecule has 1 N–H and O–H groups in total. The minimum Gasteiger partial charge on any atom is -0.346 e. The topological polar surface area (TPSA) is 54.9 Å². The lowest BCUT2D eigenvalue weighted by Crippen LogP contribution is -2.26. The van der Waals surface area contributed by atoms with Gasteiger partial charge < -0.3 is 5.32 Å². The van der Waals surface area contributed by atoms with E-state index in [1.54, 1.807) is 36.9 Å². The monoisotopic (exact) mass is 227 g/mol. The molecule has 2 aromatic heterocycles. The Hall–Kier alpha value is -2.23. The average Bonchev–Trinajstić information content (AvgIpc) is 2.40. The first kappa shape index (κ1) is 11.3. The van der Waals surface area contributed by atoms with E-state index < -0.39 is 0 Å². The van der Waals surface area contributed by atoms with Crippen LogP contribution in [-0.2, 0) is 0 Å². The lowest BCUT2D eigenvalue weighted by Gasteiger charge is -2.13. The van der Waals surface area contributed by atoms with E-state index in [4.69, 9.17) is 0 Å². The molecule has 17 heavy (non-hydrogen) atoms. The summed E-state index contributed by atoms with van der Waals surface area (Å²) in [5, 5.41) is 2.92. The predicted molar refractivity (Wildman–Crippen MR) is 64.4 cm³/mol. The maximum Gasteiger partial charge on any atom is 0.251 e. The molecule has 4 heteroatoms. The predicted octanol–water partition coefficient (Wildman–Crippen LogP) is 1.97. The Kier molecular flexibility index (Phi) is 3.45. The summed E-state index contributed by atoms with van der Waals surface area (Å²) >= 11 is 0. The largest absolute Gasteiger partial charge is 0.346 e. The smallest absolute Gasteiger partial charge is 0.251 e. The summed E-state index contributed by atoms with van der Waals surface area (Å²) in [5.41, 5.74) is 1.64. The third-order valence-corrected chi connectivity index (χ3v) is 2.50. The van der Waals surface area contributed by atoms with E-state index in [0.29, 0.717) is 5.56 Å². The van der Waals surface area contributed by atoms with Crippen LogP contribution in [0.25, 0.3) is 0 Å². The van der Waals surface area contributed by atoms with Crippen LogP contribution in [0.15, 0.2) is 49.1 Å². The Labute approximate surface area is 99.7 Å². The summed E-state index contributed by atoms with van der Waals surface area (Å²) in [4.78, 5) is 19.7. The van der Waals surface area contributed by atoms with Crippen molar-refractivity contribution in [1.82, 2.24) is 15.3 Å². The first-order valence-corrected chi connectivity index (χ1v) is 5.38. The van der Waals surface area contributed by atoms with Gasteiger partial charge in [0, 0.05) is 30.4 Å². The molecule has 0 unspecified atom stereocenters. The molecular weight excluding hydrogens is 214 g/mol. The highest BCUT2D eigenvalue weighted by Crippen LogP contribution is 2.11. The minimum absolute atomic E-state index is 0.0429. The van der Waals surface area contributed by atoms with Crippen molar-refractivity contribution >= 4 is 5.91 Å². The molecule has 86 valence electrons. The van der Waals surface area contributed by atoms with Gasteiger partial charge in [-0.2, -0.15) is 0 Å². The SMILES string of the molecule is C[C@H](NC(=O)c1ccncc1)c1ccncc1. The van der Waals surface area contributed by atoms with Gasteiger partial charge in [-0.05, 0) is 36.8 Å². The van der Waals surface area contributed by atoms with Crippen molar-refractivity contribution in [3.05, 3.63) is 60.2 Å². The van der Waals surface area contributed by atoms with Gasteiger partial charge in [0.1, 0.15) is 0 Å². The van der Waals surface area contributed by atoms with E-state index >= 15 is 0 Å². The van der Waals surface area contributed by atoms with Gasteiger partial charge in [0.15, 0.2) is 0 Å². The Balaban J connectivity index is 2.05. The van der Waals surface area contributed by atoms with Gasteiger partial charge in [-0.25, -0.2) is 0 Å². The summed E-state index contributed by atoms with van der Waals surface area (Å²) in [7, 11) is 0. The van der Waals surface area contributed by atoms with Crippen molar-refractivity contribution in [3.63, 3.8) is 0 Å². The molecule has 2 heterocycles. The summed E-state index contributed by atoms with van der Waals surface area (Å²) in [6.45, 7) is 1.94. The summed E-state index contributed by atoms with van der Waals surface area (Å²) < 4.78 is 0. The highest BCUT2D eigenvalue weighted by Gasteiger charge is 2.10. The zero-order chi connectivity index (χ0) is 12.1. The van der Waals surface area contributed by atoms with Crippen LogP contribution in [0.1, 0.15) is 28.9 Å². The number of carbonyl (C=O) groups is 1. The number of nitrogens with one attached hydrogen (secondary N) is 1. The van der Waals surface area contributed by atoms with Crippen LogP contribution in [0.2, 0.25) is 0 Å². The first-order valence-electron chi connectivity index (χ1n) is 5.38. The maximum absolute atomic E-state index is 11.9. The summed E-state index contributed by atoms with van der Waals surface area (Å²) in [5.74, 6) is -0.100. The molecule has 0 spiro atoms. The molecule has 0 fully saturated rings. The van der Waals surface area contributed by atoms with Gasteiger partial charge >= 0.3 is 0 Å². The molecule has 0 radical (unpaired) electrons. The van der Waals surface area contributed by atoms with Gasteiger partial charge in [-0.3, -0.25) is 14.8 Å². The molecule has 0 saturated heterocycles. The van der Waals surface area contributed by atoms with Crippen LogP contribution < -0.4 is 5.32 Å². The Bertz CT molecular complexity index is 485. The summed E-state index contributed by atoms with van der Waals surface area (Å²) in [6.07, 6.45) is 6.63. The summed E-state index contributed by atoms with van der Waals surface area (Å²) in [6, 6.07) is 7.11. The van der Waals surface area contributed by atoms with Gasteiger partial charge in [-0.15, -0.1) is 0 Å². The highest BCUT2D eigenvalue weighted by atomic mass is 16.1. The quantitative estimate of drug-likeness (QED) is 0.872. The minimum atomic E-state index is -0.100. The van der Waals surface area contributed by atoms with Gasteiger partial charge in [0.05, 0.1) is 6.04 Å². The van der Waals surface area contributed by atoms with Crippen molar-refractivity contribution in [2.45, 2.75) is 13.0 Å². The zero-order valence-electron chi connectivity index (χ0n) is 9.50. The maximum atomic E-state index is 11.9. The third-order valence-electron chi connectivity index (χ3n) is 2.50. The number of hydrogen-bond donors (Lipinski definition) is 1. The second-order valence-corrected chi connectivity index (χ2v) is 3.71. The fourth-order valence-corrected chi connectivity index (χ4v) is 1.52. The van der Waals surface area contributed by atoms with Crippen LogP contribution in [0.3, 0.4) is 0 Å². The lowest BCUT2D eigenvalue weighted by atomic mass is 10.1. The molecule has 0 aromatic carbocycles. The van der Waals surface area contributed by atoms with Crippen LogP contribution in [0.5, 0.6) is 0 Å². The molecule has 0 aliphatic heterocycles. The van der Waals surface area contributed by atoms with Crippen LogP contribution in [0.4, 0.5) is 0 Å². The Morgan fingerprint density at radius 2 is 1.59 bits per heavy atom. The Morgan fingerprint density at radius 3 is 2.18 bits per heavy atom. The van der Waals surface area contributed by atoms with Crippen molar-refractivity contribution in [2.24, 2.45) is 0 Å². The van der Waals surface area contributed by atoms with E-state index in [2.05, 4.69) is 15.3 Å². The number of carbonyl (C=O) groups excluding carboxylic acids is 1. The number of pyridine rings is 2. The molecule has 2 rings (SSSR count). The van der Waals surface area contributed by atoms with Crippen LogP contribution >= 0.6 is 0 Å². The van der Waals surface area contributed by atoms with Crippen molar-refractivity contribution in [2.75, 3.05) is 0 Å². The van der Waals surface area contributed by atoms with Crippen molar-refractivity contribution < 1.29 is 4.79 Å². The molecule has 0 saturated carbocycles. The van der Waals surface area contributed by atoms with Crippen LogP contribution in [-0.4, -0.2) is 15.9 Å². The molecule has 1 atom stereocenters. The van der Waals surface area contributed by atoms with E-state index in [1.807, 2.05) is 19.1 Å². The zero-order valence-corrected chi connectivity index (χ0v) is 9.50. The highest BCUT2D eigenvalue weighted by molar-refractivity contribution is 5.94. The number of nitrogens with zero attached hydrogens (tertiary/aromatic N) is 2. The number of aromatic nitrogens is 2. The molecular formula is C13H13N3O. The second kappa shape index (κ2) is 5.21. The average molecular weight is 227 g/mol. The van der Waals surface area contributed by atoms with E-state index in [1.165, 1.54) is 0 Å². The van der Waals surface area contributed by atoms with Crippen molar-refractivity contribution in [3.8, 4) is 0 Å². The molecule has 0 aliphatic rings. The normalized spacial score (nSPS) is 11.8. The lowest BCUT2D eigenvalue weighted by molar-refractivity contribution is 0.0940. The fourth-order valence-electron chi connectivity index (χ4n) is 1.52. The van der Waals surface area contributed by atoms with E-state index in [-0.39, 0.29) is 11.9 Å². The van der Waals surface area contributed by atoms with Gasteiger partial charge in [0.25, 0.3) is 5.91 Å². The van der Waals surface area contributed by atoms with E-state index in [9.17, 15) is 4.79 Å². The van der Waals surface area contributed by atoms with Crippen LogP contribution in [0, 0.1) is 0 Å². The Morgan fingerprint density at radius 1 is 1.06 bits per heavy atom. The van der Waals surface area contributed by atoms with E-state index in [0.717, 1.165) is 5.56 Å². The number of hydrogen-bond acceptors (Lipinski definition) is 3. The molecule has 0 aliphatic carbocycles. The fraction of sp³-hybridized carbons (Fsp3) is 0.154. The standard InChI is InChI=1S/C13H13N3O/c1-10(11-2-6-14-7-3-11)16-13(17)12-4-8-15-9-5-12/h2-10H,1H3,(H,16,17)/t10-/m0/s1. The van der Waals surface area contributed by atoms with Crippen molar-refractivity contribution in [1.29, 1.82) is 0 Å². The third kappa shape index (κ3) is 2.87. The molecule has 0 bridgehead atoms. The molecule has 2 aromatic rings.